The number of hydrogen-bond donors (Lipinski definition) is 2. The zero-order valence-electron chi connectivity index (χ0n) is 4.22. The molecule has 0 fully saturated rings. The van der Waals surface area contributed by atoms with Crippen LogP contribution in [0.3, 0.4) is 0 Å². The molecule has 5 heteroatoms. The lowest BCUT2D eigenvalue weighted by atomic mass is 11.6. The van der Waals surface area contributed by atoms with E-state index in [0.29, 0.717) is 0 Å². The Morgan fingerprint density at radius 1 is 1.25 bits per heavy atom. The fourth-order valence-corrected chi connectivity index (χ4v) is 1.68. The van der Waals surface area contributed by atoms with Gasteiger partial charge in [0, 0.05) is 6.26 Å². The molecule has 0 radical (unpaired) electrons. The van der Waals surface area contributed by atoms with Crippen LogP contribution in [-0.4, -0.2) is 10.2 Å². The Kier molecular flexibility index (Phi) is 1.59. The number of aromatic amines is 2. The fraction of sp³-hybridized carbons (Fsp3) is 0.333. The second-order valence-electron chi connectivity index (χ2n) is 1.34. The van der Waals surface area contributed by atoms with E-state index in [-0.39, 0.29) is 10.5 Å². The molecule has 1 heterocycles. The molecule has 0 saturated heterocycles. The van der Waals surface area contributed by atoms with Gasteiger partial charge in [-0.1, -0.05) is 0 Å². The van der Waals surface area contributed by atoms with Crippen molar-refractivity contribution in [2.75, 3.05) is 0 Å². The van der Waals surface area contributed by atoms with E-state index in [1.807, 2.05) is 6.26 Å². The van der Waals surface area contributed by atoms with Crippen LogP contribution in [0.15, 0.2) is 0 Å². The van der Waals surface area contributed by atoms with Crippen molar-refractivity contribution >= 4 is 34.9 Å². The van der Waals surface area contributed by atoms with Gasteiger partial charge < -0.3 is 0 Å². The molecular formula is C3H5N2S3+. The normalized spacial score (nSPS) is 9.62. The summed E-state index contributed by atoms with van der Waals surface area (Å²) in [6, 6.07) is 0. The Hall–Kier alpha value is -0.0000000000000000278. The Morgan fingerprint density at radius 3 is 1.75 bits per heavy atom. The summed E-state index contributed by atoms with van der Waals surface area (Å²) in [5.74, 6) is 0. The Labute approximate surface area is 59.5 Å². The fourth-order valence-electron chi connectivity index (χ4n) is 0.339. The van der Waals surface area contributed by atoms with Crippen molar-refractivity contribution < 1.29 is 0 Å². The lowest BCUT2D eigenvalue weighted by molar-refractivity contribution is 1.07. The summed E-state index contributed by atoms with van der Waals surface area (Å²) in [5, 5.41) is 5.54. The maximum atomic E-state index is 4.87. The van der Waals surface area contributed by atoms with E-state index in [2.05, 4.69) is 10.2 Å². The predicted octanol–water partition coefficient (Wildman–Crippen LogP) is 2.09. The Morgan fingerprint density at radius 2 is 1.62 bits per heavy atom. The van der Waals surface area contributed by atoms with Gasteiger partial charge in [-0.3, -0.25) is 10.2 Å². The van der Waals surface area contributed by atoms with Crippen molar-refractivity contribution in [2.24, 2.45) is 6.26 Å². The Balaban J connectivity index is 3.66. The standard InChI is InChI=1S/C3H4N2S3/c1-8-2(6)4-5-3(8)7/h1H3,(H-,4,5,6,7)/p+1. The third-order valence-electron chi connectivity index (χ3n) is 0.823. The number of H-pyrrole nitrogens is 2. The molecule has 44 valence electrons. The molecule has 0 spiro atoms. The molecule has 2 N–H and O–H groups in total. The highest BCUT2D eigenvalue weighted by Crippen LogP contribution is 2.11. The molecule has 0 unspecified atom stereocenters. The van der Waals surface area contributed by atoms with Crippen molar-refractivity contribution in [3.63, 3.8) is 0 Å². The maximum Gasteiger partial charge on any atom is 0.303 e. The lowest BCUT2D eigenvalue weighted by Crippen LogP contribution is -1.60. The molecule has 0 bridgehead atoms. The number of rotatable bonds is 0. The first-order chi connectivity index (χ1) is 3.72. The summed E-state index contributed by atoms with van der Waals surface area (Å²) in [6.07, 6.45) is 2.00. The van der Waals surface area contributed by atoms with Crippen LogP contribution < -0.4 is 0 Å². The highest BCUT2D eigenvalue weighted by molar-refractivity contribution is 7.77. The molecule has 0 aromatic carbocycles. The van der Waals surface area contributed by atoms with Crippen LogP contribution >= 0.6 is 34.9 Å². The lowest BCUT2D eigenvalue weighted by Gasteiger charge is -1.63. The second-order valence-corrected chi connectivity index (χ2v) is 4.51. The molecule has 0 saturated carbocycles. The number of hydrogen-bond acceptors (Lipinski definition) is 2. The van der Waals surface area contributed by atoms with Crippen LogP contribution in [0.4, 0.5) is 0 Å². The van der Waals surface area contributed by atoms with Gasteiger partial charge in [-0.25, -0.2) is 0 Å². The van der Waals surface area contributed by atoms with E-state index in [1.165, 1.54) is 0 Å². The average molecular weight is 165 g/mol. The molecule has 8 heavy (non-hydrogen) atoms. The van der Waals surface area contributed by atoms with Crippen LogP contribution in [0.5, 0.6) is 0 Å². The topological polar surface area (TPSA) is 31.6 Å². The van der Waals surface area contributed by atoms with Gasteiger partial charge in [0.05, 0.1) is 0 Å². The number of nitrogens with one attached hydrogen (secondary N) is 2. The highest BCUT2D eigenvalue weighted by atomic mass is 32.2. The van der Waals surface area contributed by atoms with E-state index in [0.717, 1.165) is 7.91 Å². The number of aromatic nitrogens is 2. The smallest absolute Gasteiger partial charge is 0.254 e. The average Bonchev–Trinajstić information content (AvgIpc) is 1.98. The maximum absolute atomic E-state index is 4.87. The molecular weight excluding hydrogens is 160 g/mol. The summed E-state index contributed by atoms with van der Waals surface area (Å²) < 4.78 is 1.63. The molecule has 0 amide bonds. The molecule has 2 nitrogen and oxygen atoms in total. The van der Waals surface area contributed by atoms with Crippen LogP contribution in [0.25, 0.3) is 0 Å². The van der Waals surface area contributed by atoms with Gasteiger partial charge in [0.2, 0.25) is 0 Å². The first-order valence-corrected chi connectivity index (χ1v) is 4.42. The molecule has 0 aliphatic carbocycles. The first kappa shape index (κ1) is 6.12. The van der Waals surface area contributed by atoms with Crippen LogP contribution in [0.2, 0.25) is 0 Å². The quantitative estimate of drug-likeness (QED) is 0.455. The van der Waals surface area contributed by atoms with Crippen molar-refractivity contribution in [3.8, 4) is 0 Å². The highest BCUT2D eigenvalue weighted by Gasteiger charge is 1.96. The molecule has 1 rings (SSSR count). The monoisotopic (exact) mass is 165 g/mol. The van der Waals surface area contributed by atoms with Gasteiger partial charge >= 0.3 is 7.91 Å². The minimum absolute atomic E-state index is 0.0216. The Bertz CT molecular complexity index is 250. The molecule has 1 aromatic heterocycles. The van der Waals surface area contributed by atoms with E-state index in [9.17, 15) is 0 Å². The van der Waals surface area contributed by atoms with Gasteiger partial charge in [-0.2, -0.15) is 0 Å². The third kappa shape index (κ3) is 0.888. The SMILES string of the molecule is C[s+]1c(=S)[nH][nH]c1=S. The summed E-state index contributed by atoms with van der Waals surface area (Å²) >= 11 is 9.74. The van der Waals surface area contributed by atoms with Gasteiger partial charge in [0.15, 0.2) is 24.4 Å². The van der Waals surface area contributed by atoms with Crippen LogP contribution in [-0.2, 0) is 6.26 Å². The van der Waals surface area contributed by atoms with Crippen LogP contribution in [0.1, 0.15) is 0 Å². The third-order valence-corrected chi connectivity index (χ3v) is 3.84. The van der Waals surface area contributed by atoms with Gasteiger partial charge in [-0.15, -0.1) is 0 Å². The zero-order chi connectivity index (χ0) is 6.15. The summed E-state index contributed by atoms with van der Waals surface area (Å²) in [4.78, 5) is 0. The second kappa shape index (κ2) is 2.08. The van der Waals surface area contributed by atoms with E-state index >= 15 is 0 Å². The predicted molar refractivity (Wildman–Crippen MR) is 40.3 cm³/mol. The van der Waals surface area contributed by atoms with Gasteiger partial charge in [-0.05, 0) is 10.5 Å². The van der Waals surface area contributed by atoms with E-state index < -0.39 is 0 Å². The molecule has 0 atom stereocenters. The van der Waals surface area contributed by atoms with Gasteiger partial charge in [0.1, 0.15) is 0 Å². The summed E-state index contributed by atoms with van der Waals surface area (Å²) in [5.41, 5.74) is 0. The van der Waals surface area contributed by atoms with E-state index in [4.69, 9.17) is 24.4 Å². The summed E-state index contributed by atoms with van der Waals surface area (Å²) in [6.45, 7) is 0. The molecule has 0 aliphatic rings. The minimum Gasteiger partial charge on any atom is -0.254 e. The molecule has 1 aromatic rings. The first-order valence-electron chi connectivity index (χ1n) is 1.97. The summed E-state index contributed by atoms with van der Waals surface area (Å²) in [7, 11) is -0.0216. The molecule has 0 aliphatic heterocycles. The van der Waals surface area contributed by atoms with E-state index in [1.54, 1.807) is 0 Å². The van der Waals surface area contributed by atoms with Crippen molar-refractivity contribution in [2.45, 2.75) is 0 Å². The largest absolute Gasteiger partial charge is 0.303 e. The van der Waals surface area contributed by atoms with Gasteiger partial charge in [0.25, 0.3) is 0 Å². The minimum atomic E-state index is -0.0216. The van der Waals surface area contributed by atoms with Crippen LogP contribution in [0, 0.1) is 7.91 Å². The zero-order valence-corrected chi connectivity index (χ0v) is 6.67. The van der Waals surface area contributed by atoms with Crippen molar-refractivity contribution in [3.05, 3.63) is 7.91 Å². The van der Waals surface area contributed by atoms with Crippen molar-refractivity contribution in [1.82, 2.24) is 10.2 Å². The van der Waals surface area contributed by atoms with Crippen molar-refractivity contribution in [1.29, 1.82) is 0 Å².